The molecule has 0 aromatic carbocycles. The number of pyridine rings is 1. The first-order valence-corrected chi connectivity index (χ1v) is 5.79. The van der Waals surface area contributed by atoms with Crippen molar-refractivity contribution in [2.24, 2.45) is 0 Å². The van der Waals surface area contributed by atoms with E-state index in [-0.39, 0.29) is 0 Å². The second-order valence-electron chi connectivity index (χ2n) is 3.96. The van der Waals surface area contributed by atoms with E-state index < -0.39 is 5.97 Å². The van der Waals surface area contributed by atoms with Crippen LogP contribution in [0.15, 0.2) is 30.9 Å². The number of rotatable bonds is 4. The first-order chi connectivity index (χ1) is 8.69. The van der Waals surface area contributed by atoms with Crippen LogP contribution < -0.4 is 0 Å². The quantitative estimate of drug-likeness (QED) is 0.771. The van der Waals surface area contributed by atoms with Crippen LogP contribution in [0.1, 0.15) is 28.7 Å². The number of aromatic nitrogens is 3. The lowest BCUT2D eigenvalue weighted by atomic mass is 10.2. The molecular weight excluding hydrogens is 230 g/mol. The van der Waals surface area contributed by atoms with Crippen LogP contribution in [0.25, 0.3) is 0 Å². The average molecular weight is 245 g/mol. The van der Waals surface area contributed by atoms with Gasteiger partial charge in [0, 0.05) is 18.1 Å². The Balaban J connectivity index is 2.06. The number of hydrogen-bond donors (Lipinski definition) is 0. The van der Waals surface area contributed by atoms with Gasteiger partial charge < -0.3 is 9.30 Å². The van der Waals surface area contributed by atoms with Gasteiger partial charge in [0.05, 0.1) is 19.5 Å². The molecule has 0 fully saturated rings. The monoisotopic (exact) mass is 245 g/mol. The summed E-state index contributed by atoms with van der Waals surface area (Å²) in [5, 5.41) is 0. The summed E-state index contributed by atoms with van der Waals surface area (Å²) in [6.45, 7) is 4.71. The Morgan fingerprint density at radius 2 is 2.22 bits per heavy atom. The second-order valence-corrected chi connectivity index (χ2v) is 3.96. The Morgan fingerprint density at radius 3 is 2.89 bits per heavy atom. The number of esters is 1. The molecule has 0 saturated heterocycles. The van der Waals surface area contributed by atoms with E-state index in [1.165, 1.54) is 0 Å². The van der Waals surface area contributed by atoms with E-state index in [1.54, 1.807) is 19.4 Å². The smallest absolute Gasteiger partial charge is 0.358 e. The maximum atomic E-state index is 11.4. The third-order valence-corrected chi connectivity index (χ3v) is 2.46. The van der Waals surface area contributed by atoms with Crippen molar-refractivity contribution in [2.75, 3.05) is 6.61 Å². The third kappa shape index (κ3) is 2.94. The van der Waals surface area contributed by atoms with Crippen LogP contribution in [-0.4, -0.2) is 27.1 Å². The van der Waals surface area contributed by atoms with Crippen molar-refractivity contribution < 1.29 is 9.53 Å². The van der Waals surface area contributed by atoms with Crippen LogP contribution in [0, 0.1) is 6.92 Å². The van der Waals surface area contributed by atoms with E-state index in [0.29, 0.717) is 18.8 Å². The van der Waals surface area contributed by atoms with Crippen molar-refractivity contribution in [3.05, 3.63) is 47.8 Å². The van der Waals surface area contributed by atoms with Crippen molar-refractivity contribution in [3.63, 3.8) is 0 Å². The highest BCUT2D eigenvalue weighted by atomic mass is 16.5. The molecule has 5 nitrogen and oxygen atoms in total. The Hall–Kier alpha value is -2.17. The molecule has 0 aliphatic rings. The molecule has 0 aliphatic carbocycles. The lowest BCUT2D eigenvalue weighted by molar-refractivity contribution is 0.0520. The Bertz CT molecular complexity index is 531. The van der Waals surface area contributed by atoms with Gasteiger partial charge in [-0.05, 0) is 25.5 Å². The summed E-state index contributed by atoms with van der Waals surface area (Å²) < 4.78 is 6.71. The Morgan fingerprint density at radius 1 is 1.39 bits per heavy atom. The molecule has 2 heterocycles. The molecule has 94 valence electrons. The van der Waals surface area contributed by atoms with Crippen molar-refractivity contribution in [1.82, 2.24) is 14.5 Å². The van der Waals surface area contributed by atoms with Gasteiger partial charge in [-0.15, -0.1) is 0 Å². The minimum atomic E-state index is -0.390. The van der Waals surface area contributed by atoms with Crippen LogP contribution in [0.3, 0.4) is 0 Å². The maximum absolute atomic E-state index is 11.4. The summed E-state index contributed by atoms with van der Waals surface area (Å²) in [6.07, 6.45) is 5.11. The molecule has 0 N–H and O–H groups in total. The predicted molar refractivity (Wildman–Crippen MR) is 66.3 cm³/mol. The summed E-state index contributed by atoms with van der Waals surface area (Å²) >= 11 is 0. The standard InChI is InChI=1S/C13H15N3O2/c1-3-18-13(17)12-8-16(9-15-12)7-11-5-4-10(2)14-6-11/h4-6,8-9H,3,7H2,1-2H3. The Kier molecular flexibility index (Phi) is 3.72. The normalized spacial score (nSPS) is 10.3. The molecule has 0 radical (unpaired) electrons. The van der Waals surface area contributed by atoms with Gasteiger partial charge >= 0.3 is 5.97 Å². The molecule has 18 heavy (non-hydrogen) atoms. The first kappa shape index (κ1) is 12.3. The van der Waals surface area contributed by atoms with E-state index in [1.807, 2.05) is 29.8 Å². The van der Waals surface area contributed by atoms with Crippen LogP contribution in [0.4, 0.5) is 0 Å². The van der Waals surface area contributed by atoms with E-state index in [9.17, 15) is 4.79 Å². The minimum absolute atomic E-state index is 0.330. The summed E-state index contributed by atoms with van der Waals surface area (Å²) in [5.74, 6) is -0.390. The highest BCUT2D eigenvalue weighted by Crippen LogP contribution is 2.05. The zero-order valence-corrected chi connectivity index (χ0v) is 10.5. The summed E-state index contributed by atoms with van der Waals surface area (Å²) in [5.41, 5.74) is 2.38. The van der Waals surface area contributed by atoms with Crippen LogP contribution >= 0.6 is 0 Å². The van der Waals surface area contributed by atoms with Gasteiger partial charge in [-0.25, -0.2) is 9.78 Å². The average Bonchev–Trinajstić information content (AvgIpc) is 2.81. The Labute approximate surface area is 105 Å². The third-order valence-electron chi connectivity index (χ3n) is 2.46. The highest BCUT2D eigenvalue weighted by molar-refractivity contribution is 5.86. The molecule has 2 aromatic heterocycles. The van der Waals surface area contributed by atoms with Crippen LogP contribution in [-0.2, 0) is 11.3 Å². The fraction of sp³-hybridized carbons (Fsp3) is 0.308. The zero-order valence-electron chi connectivity index (χ0n) is 10.5. The van der Waals surface area contributed by atoms with Crippen LogP contribution in [0.5, 0.6) is 0 Å². The summed E-state index contributed by atoms with van der Waals surface area (Å²) in [6, 6.07) is 3.96. The molecule has 5 heteroatoms. The topological polar surface area (TPSA) is 57.0 Å². The molecule has 0 spiro atoms. The molecule has 0 saturated carbocycles. The van der Waals surface area contributed by atoms with Crippen molar-refractivity contribution in [1.29, 1.82) is 0 Å². The van der Waals surface area contributed by atoms with Gasteiger partial charge in [0.25, 0.3) is 0 Å². The van der Waals surface area contributed by atoms with Crippen molar-refractivity contribution >= 4 is 5.97 Å². The minimum Gasteiger partial charge on any atom is -0.461 e. The molecule has 0 bridgehead atoms. The molecule has 0 atom stereocenters. The first-order valence-electron chi connectivity index (χ1n) is 5.79. The van der Waals surface area contributed by atoms with Gasteiger partial charge in [0.15, 0.2) is 5.69 Å². The number of ether oxygens (including phenoxy) is 1. The number of carbonyl (C=O) groups excluding carboxylic acids is 1. The molecule has 2 aromatic rings. The fourth-order valence-electron chi connectivity index (χ4n) is 1.56. The number of carbonyl (C=O) groups is 1. The lowest BCUT2D eigenvalue weighted by Crippen LogP contribution is -2.05. The van der Waals surface area contributed by atoms with Gasteiger partial charge in [-0.1, -0.05) is 6.07 Å². The molecule has 0 unspecified atom stereocenters. The van der Waals surface area contributed by atoms with Gasteiger partial charge in [-0.3, -0.25) is 4.98 Å². The van der Waals surface area contributed by atoms with Gasteiger partial charge in [0.2, 0.25) is 0 Å². The maximum Gasteiger partial charge on any atom is 0.358 e. The van der Waals surface area contributed by atoms with Crippen LogP contribution in [0.2, 0.25) is 0 Å². The van der Waals surface area contributed by atoms with Crippen molar-refractivity contribution in [2.45, 2.75) is 20.4 Å². The fourth-order valence-corrected chi connectivity index (χ4v) is 1.56. The summed E-state index contributed by atoms with van der Waals surface area (Å²) in [4.78, 5) is 19.7. The summed E-state index contributed by atoms with van der Waals surface area (Å²) in [7, 11) is 0. The van der Waals surface area contributed by atoms with E-state index in [4.69, 9.17) is 4.74 Å². The van der Waals surface area contributed by atoms with Crippen molar-refractivity contribution in [3.8, 4) is 0 Å². The SMILES string of the molecule is CCOC(=O)c1cn(Cc2ccc(C)nc2)cn1. The molecular formula is C13H15N3O2. The van der Waals surface area contributed by atoms with Gasteiger partial charge in [-0.2, -0.15) is 0 Å². The number of nitrogens with zero attached hydrogens (tertiary/aromatic N) is 3. The molecule has 0 aliphatic heterocycles. The number of imidazole rings is 1. The number of aryl methyl sites for hydroxylation is 1. The van der Waals surface area contributed by atoms with E-state index in [0.717, 1.165) is 11.3 Å². The predicted octanol–water partition coefficient (Wildman–Crippen LogP) is 1.81. The molecule has 0 amide bonds. The lowest BCUT2D eigenvalue weighted by Gasteiger charge is -2.02. The zero-order chi connectivity index (χ0) is 13.0. The largest absolute Gasteiger partial charge is 0.461 e. The number of hydrogen-bond acceptors (Lipinski definition) is 4. The molecule has 2 rings (SSSR count). The van der Waals surface area contributed by atoms with Gasteiger partial charge in [0.1, 0.15) is 0 Å². The van der Waals surface area contributed by atoms with E-state index in [2.05, 4.69) is 9.97 Å². The highest BCUT2D eigenvalue weighted by Gasteiger charge is 2.09. The second kappa shape index (κ2) is 5.44. The van der Waals surface area contributed by atoms with E-state index >= 15 is 0 Å².